The molecule has 2 aromatic rings. The van der Waals surface area contributed by atoms with Crippen LogP contribution in [0.5, 0.6) is 0 Å². The summed E-state index contributed by atoms with van der Waals surface area (Å²) in [4.78, 5) is 49.2. The van der Waals surface area contributed by atoms with E-state index in [1.54, 1.807) is 11.0 Å². The molecule has 1 unspecified atom stereocenters. The Morgan fingerprint density at radius 2 is 2.07 bits per heavy atom. The van der Waals surface area contributed by atoms with Crippen LogP contribution < -0.4 is 10.2 Å². The molecule has 2 aliphatic heterocycles. The molecular formula is C19H17FN2O5S. The van der Waals surface area contributed by atoms with Crippen molar-refractivity contribution in [3.8, 4) is 0 Å². The Morgan fingerprint density at radius 3 is 2.75 bits per heavy atom. The van der Waals surface area contributed by atoms with Gasteiger partial charge in [0.05, 0.1) is 12.1 Å². The summed E-state index contributed by atoms with van der Waals surface area (Å²) in [6, 6.07) is 2.84. The Bertz CT molecular complexity index is 997. The number of piperidine rings is 1. The fraction of sp³-hybridized carbons (Fsp3) is 0.368. The molecule has 2 saturated heterocycles. The molecule has 3 amide bonds. The molecule has 9 heteroatoms. The number of nitrogens with one attached hydrogen (secondary N) is 1. The van der Waals surface area contributed by atoms with Gasteiger partial charge in [0.1, 0.15) is 12.2 Å². The molecule has 1 aromatic heterocycles. The van der Waals surface area contributed by atoms with Gasteiger partial charge in [0.2, 0.25) is 11.8 Å². The number of anilines is 1. The van der Waals surface area contributed by atoms with E-state index in [1.165, 1.54) is 24.1 Å². The predicted molar refractivity (Wildman–Crippen MR) is 101 cm³/mol. The number of fused-ring (bicyclic) bond motifs is 1. The minimum atomic E-state index is -1.04. The molecule has 0 radical (unpaired) electrons. The second-order valence-corrected chi connectivity index (χ2v) is 8.16. The Labute approximate surface area is 163 Å². The van der Waals surface area contributed by atoms with Gasteiger partial charge in [0, 0.05) is 17.2 Å². The quantitative estimate of drug-likeness (QED) is 0.622. The number of carbonyl (C=O) groups is 4. The van der Waals surface area contributed by atoms with Gasteiger partial charge in [-0.2, -0.15) is 0 Å². The van der Waals surface area contributed by atoms with Crippen LogP contribution in [0.3, 0.4) is 0 Å². The van der Waals surface area contributed by atoms with Crippen molar-refractivity contribution >= 4 is 51.3 Å². The summed E-state index contributed by atoms with van der Waals surface area (Å²) in [5, 5.41) is 2.59. The van der Waals surface area contributed by atoms with E-state index in [-0.39, 0.29) is 28.9 Å². The van der Waals surface area contributed by atoms with E-state index >= 15 is 0 Å². The van der Waals surface area contributed by atoms with Gasteiger partial charge in [-0.15, -0.1) is 0 Å². The smallest absolute Gasteiger partial charge is 0.286 e. The highest BCUT2D eigenvalue weighted by Crippen LogP contribution is 2.38. The molecule has 2 atom stereocenters. The Hall–Kier alpha value is -2.68. The van der Waals surface area contributed by atoms with E-state index in [0.717, 1.165) is 6.42 Å². The first-order valence-electron chi connectivity index (χ1n) is 8.91. The van der Waals surface area contributed by atoms with Gasteiger partial charge < -0.3 is 4.42 Å². The molecule has 28 heavy (non-hydrogen) atoms. The highest BCUT2D eigenvalue weighted by atomic mass is 32.2. The van der Waals surface area contributed by atoms with Gasteiger partial charge in [-0.25, -0.2) is 4.39 Å². The SMILES string of the molecule is CC[C@H]1CN(c2coc3c(F)cc(CC4C(=O)CC(=O)NC4=O)cc23)C(=O)S1. The molecule has 4 rings (SSSR count). The van der Waals surface area contributed by atoms with E-state index in [2.05, 4.69) is 5.32 Å². The largest absolute Gasteiger partial charge is 0.459 e. The second kappa shape index (κ2) is 7.05. The van der Waals surface area contributed by atoms with Gasteiger partial charge in [-0.05, 0) is 30.5 Å². The van der Waals surface area contributed by atoms with Crippen molar-refractivity contribution in [1.29, 1.82) is 0 Å². The summed E-state index contributed by atoms with van der Waals surface area (Å²) in [6.07, 6.45) is 1.79. The summed E-state index contributed by atoms with van der Waals surface area (Å²) in [5.41, 5.74) is 0.909. The average Bonchev–Trinajstić information content (AvgIpc) is 3.21. The van der Waals surface area contributed by atoms with Crippen LogP contribution in [0.15, 0.2) is 22.8 Å². The number of carbonyl (C=O) groups excluding carboxylic acids is 4. The number of hydrogen-bond acceptors (Lipinski definition) is 6. The van der Waals surface area contributed by atoms with Gasteiger partial charge in [0.15, 0.2) is 17.2 Å². The van der Waals surface area contributed by atoms with E-state index < -0.39 is 29.3 Å². The predicted octanol–water partition coefficient (Wildman–Crippen LogP) is 2.80. The average molecular weight is 404 g/mol. The fourth-order valence-electron chi connectivity index (χ4n) is 3.53. The topological polar surface area (TPSA) is 96.7 Å². The molecule has 146 valence electrons. The zero-order chi connectivity index (χ0) is 20.0. The van der Waals surface area contributed by atoms with Crippen LogP contribution in [0.1, 0.15) is 25.3 Å². The molecule has 0 saturated carbocycles. The Kier molecular flexibility index (Phi) is 4.70. The van der Waals surface area contributed by atoms with Crippen LogP contribution in [0.25, 0.3) is 11.0 Å². The molecule has 0 bridgehead atoms. The number of ketones is 1. The molecule has 2 aliphatic rings. The third-order valence-corrected chi connectivity index (χ3v) is 6.27. The maximum absolute atomic E-state index is 14.6. The number of hydrogen-bond donors (Lipinski definition) is 1. The maximum Gasteiger partial charge on any atom is 0.286 e. The van der Waals surface area contributed by atoms with Crippen LogP contribution in [-0.2, 0) is 20.8 Å². The van der Waals surface area contributed by atoms with Crippen molar-refractivity contribution in [1.82, 2.24) is 5.32 Å². The van der Waals surface area contributed by atoms with Gasteiger partial charge >= 0.3 is 0 Å². The highest BCUT2D eigenvalue weighted by Gasteiger charge is 2.35. The lowest BCUT2D eigenvalue weighted by Gasteiger charge is -2.20. The Morgan fingerprint density at radius 1 is 1.29 bits per heavy atom. The van der Waals surface area contributed by atoms with Crippen molar-refractivity contribution in [2.45, 2.75) is 31.4 Å². The third kappa shape index (κ3) is 3.19. The fourth-order valence-corrected chi connectivity index (χ4v) is 4.51. The summed E-state index contributed by atoms with van der Waals surface area (Å²) in [5.74, 6) is -3.46. The summed E-state index contributed by atoms with van der Waals surface area (Å²) in [6.45, 7) is 2.50. The number of halogens is 1. The lowest BCUT2D eigenvalue weighted by Crippen LogP contribution is -2.46. The first-order chi connectivity index (χ1) is 13.4. The zero-order valence-corrected chi connectivity index (χ0v) is 15.8. The van der Waals surface area contributed by atoms with Crippen molar-refractivity contribution in [2.24, 2.45) is 5.92 Å². The summed E-state index contributed by atoms with van der Waals surface area (Å²) >= 11 is 1.24. The van der Waals surface area contributed by atoms with Crippen LogP contribution in [-0.4, -0.2) is 34.6 Å². The molecule has 2 fully saturated rings. The molecule has 0 spiro atoms. The number of furan rings is 1. The van der Waals surface area contributed by atoms with E-state index in [0.29, 0.717) is 23.2 Å². The van der Waals surface area contributed by atoms with Crippen molar-refractivity contribution in [3.05, 3.63) is 29.8 Å². The standard InChI is InChI=1S/C19H17FN2O5S/c1-2-10-7-22(19(26)28-10)14-8-27-17-11(14)3-9(5-13(17)20)4-12-15(23)6-16(24)21-18(12)25/h3,5,8,10,12H,2,4,6-7H2,1H3,(H,21,24,25)/t10-,12?/m0/s1. The molecule has 3 heterocycles. The van der Waals surface area contributed by atoms with Crippen molar-refractivity contribution < 1.29 is 28.0 Å². The normalized spacial score (nSPS) is 23.0. The van der Waals surface area contributed by atoms with E-state index in [1.807, 2.05) is 6.92 Å². The van der Waals surface area contributed by atoms with Crippen molar-refractivity contribution in [2.75, 3.05) is 11.4 Å². The van der Waals surface area contributed by atoms with Gasteiger partial charge in [-0.3, -0.25) is 29.4 Å². The molecule has 0 aliphatic carbocycles. The number of benzene rings is 1. The number of imide groups is 1. The number of thioether (sulfide) groups is 1. The number of Topliss-reactive ketones (excluding diaryl/α,β-unsaturated/α-hetero) is 1. The number of rotatable bonds is 4. The maximum atomic E-state index is 14.6. The van der Waals surface area contributed by atoms with E-state index in [4.69, 9.17) is 4.42 Å². The Balaban J connectivity index is 1.68. The van der Waals surface area contributed by atoms with Crippen LogP contribution in [0, 0.1) is 11.7 Å². The highest BCUT2D eigenvalue weighted by molar-refractivity contribution is 8.14. The zero-order valence-electron chi connectivity index (χ0n) is 15.0. The van der Waals surface area contributed by atoms with Crippen LogP contribution in [0.2, 0.25) is 0 Å². The first kappa shape index (κ1) is 18.7. The summed E-state index contributed by atoms with van der Waals surface area (Å²) in [7, 11) is 0. The minimum absolute atomic E-state index is 0.0195. The number of nitrogens with zero attached hydrogens (tertiary/aromatic N) is 1. The number of amides is 3. The van der Waals surface area contributed by atoms with Gasteiger partial charge in [0.25, 0.3) is 5.24 Å². The molecular weight excluding hydrogens is 387 g/mol. The monoisotopic (exact) mass is 404 g/mol. The molecule has 1 N–H and O–H groups in total. The van der Waals surface area contributed by atoms with E-state index in [9.17, 15) is 23.6 Å². The van der Waals surface area contributed by atoms with Crippen LogP contribution in [0.4, 0.5) is 14.9 Å². The second-order valence-electron chi connectivity index (χ2n) is 6.91. The van der Waals surface area contributed by atoms with Crippen LogP contribution >= 0.6 is 11.8 Å². The third-order valence-electron chi connectivity index (χ3n) is 5.03. The molecule has 1 aromatic carbocycles. The lowest BCUT2D eigenvalue weighted by molar-refractivity contribution is -0.143. The lowest BCUT2D eigenvalue weighted by atomic mass is 9.89. The summed E-state index contributed by atoms with van der Waals surface area (Å²) < 4.78 is 19.9. The minimum Gasteiger partial charge on any atom is -0.459 e. The molecule has 7 nitrogen and oxygen atoms in total. The first-order valence-corrected chi connectivity index (χ1v) is 9.79. The van der Waals surface area contributed by atoms with Crippen molar-refractivity contribution in [3.63, 3.8) is 0 Å². The van der Waals surface area contributed by atoms with Gasteiger partial charge in [-0.1, -0.05) is 18.7 Å².